The van der Waals surface area contributed by atoms with Crippen molar-refractivity contribution < 1.29 is 22.7 Å². The first-order chi connectivity index (χ1) is 14.3. The van der Waals surface area contributed by atoms with E-state index < -0.39 is 16.1 Å². The van der Waals surface area contributed by atoms with Crippen LogP contribution in [-0.4, -0.2) is 81.8 Å². The van der Waals surface area contributed by atoms with Gasteiger partial charge in [-0.25, -0.2) is 8.42 Å². The lowest BCUT2D eigenvalue weighted by molar-refractivity contribution is -0.124. The summed E-state index contributed by atoms with van der Waals surface area (Å²) >= 11 is 0. The van der Waals surface area contributed by atoms with Gasteiger partial charge in [0.25, 0.3) is 0 Å². The molecule has 9 heteroatoms. The standard InChI is InChI=1S/C21H33N3O5S/c1-23(18-8-12-28-13-9-18)11-14-29-19-6-3-5-17(15-19)16-22-21(25)20-7-4-10-24(20)30(2,26)27/h3,5-6,15,18,20H,4,7-14,16H2,1-2H3,(H,22,25). The van der Waals surface area contributed by atoms with Gasteiger partial charge >= 0.3 is 0 Å². The summed E-state index contributed by atoms with van der Waals surface area (Å²) < 4.78 is 36.3. The molecule has 2 fully saturated rings. The van der Waals surface area contributed by atoms with Crippen molar-refractivity contribution in [3.05, 3.63) is 29.8 Å². The molecule has 2 aliphatic heterocycles. The minimum absolute atomic E-state index is 0.248. The molecule has 1 N–H and O–H groups in total. The van der Waals surface area contributed by atoms with Crippen molar-refractivity contribution in [3.8, 4) is 5.75 Å². The van der Waals surface area contributed by atoms with Gasteiger partial charge in [0, 0.05) is 38.9 Å². The minimum Gasteiger partial charge on any atom is -0.492 e. The first-order valence-corrected chi connectivity index (χ1v) is 12.4. The number of carbonyl (C=O) groups is 1. The predicted octanol–water partition coefficient (Wildman–Crippen LogP) is 1.22. The van der Waals surface area contributed by atoms with Gasteiger partial charge in [-0.2, -0.15) is 4.31 Å². The van der Waals surface area contributed by atoms with E-state index in [1.165, 1.54) is 4.31 Å². The molecule has 0 bridgehead atoms. The largest absolute Gasteiger partial charge is 0.492 e. The van der Waals surface area contributed by atoms with Crippen LogP contribution in [0, 0.1) is 0 Å². The molecule has 3 rings (SSSR count). The predicted molar refractivity (Wildman–Crippen MR) is 115 cm³/mol. The van der Waals surface area contributed by atoms with E-state index in [2.05, 4.69) is 17.3 Å². The van der Waals surface area contributed by atoms with Gasteiger partial charge < -0.3 is 14.8 Å². The molecule has 1 atom stereocenters. The third kappa shape index (κ3) is 6.41. The highest BCUT2D eigenvalue weighted by Gasteiger charge is 2.36. The number of ether oxygens (including phenoxy) is 2. The Balaban J connectivity index is 1.45. The van der Waals surface area contributed by atoms with Crippen molar-refractivity contribution in [2.45, 2.75) is 44.3 Å². The summed E-state index contributed by atoms with van der Waals surface area (Å²) in [5.74, 6) is 0.517. The summed E-state index contributed by atoms with van der Waals surface area (Å²) in [5.41, 5.74) is 0.919. The van der Waals surface area contributed by atoms with Crippen molar-refractivity contribution in [3.63, 3.8) is 0 Å². The molecule has 0 spiro atoms. The van der Waals surface area contributed by atoms with Crippen LogP contribution in [0.1, 0.15) is 31.2 Å². The number of nitrogens with zero attached hydrogens (tertiary/aromatic N) is 2. The highest BCUT2D eigenvalue weighted by atomic mass is 32.2. The van der Waals surface area contributed by atoms with Gasteiger partial charge in [-0.15, -0.1) is 0 Å². The van der Waals surface area contributed by atoms with Crippen LogP contribution in [0.5, 0.6) is 5.75 Å². The van der Waals surface area contributed by atoms with E-state index in [0.29, 0.717) is 38.6 Å². The van der Waals surface area contributed by atoms with E-state index in [-0.39, 0.29) is 5.91 Å². The molecular weight excluding hydrogens is 406 g/mol. The highest BCUT2D eigenvalue weighted by molar-refractivity contribution is 7.88. The van der Waals surface area contributed by atoms with Crippen LogP contribution in [0.15, 0.2) is 24.3 Å². The summed E-state index contributed by atoms with van der Waals surface area (Å²) in [5, 5.41) is 2.87. The van der Waals surface area contributed by atoms with Crippen LogP contribution < -0.4 is 10.1 Å². The van der Waals surface area contributed by atoms with Crippen molar-refractivity contribution in [2.24, 2.45) is 0 Å². The van der Waals surface area contributed by atoms with Gasteiger partial charge in [0.1, 0.15) is 18.4 Å². The summed E-state index contributed by atoms with van der Waals surface area (Å²) in [7, 11) is -1.25. The number of rotatable bonds is 9. The zero-order valence-corrected chi connectivity index (χ0v) is 18.7. The van der Waals surface area contributed by atoms with Crippen LogP contribution in [0.25, 0.3) is 0 Å². The Labute approximate surface area is 179 Å². The van der Waals surface area contributed by atoms with E-state index >= 15 is 0 Å². The lowest BCUT2D eigenvalue weighted by Gasteiger charge is -2.31. The third-order valence-corrected chi connectivity index (χ3v) is 7.11. The van der Waals surface area contributed by atoms with Crippen molar-refractivity contribution in [2.75, 3.05) is 46.2 Å². The summed E-state index contributed by atoms with van der Waals surface area (Å²) in [6.45, 7) is 3.83. The Kier molecular flexibility index (Phi) is 8.10. The fourth-order valence-corrected chi connectivity index (χ4v) is 5.19. The lowest BCUT2D eigenvalue weighted by atomic mass is 10.1. The van der Waals surface area contributed by atoms with Crippen LogP contribution in [0.4, 0.5) is 0 Å². The summed E-state index contributed by atoms with van der Waals surface area (Å²) in [6.07, 6.45) is 4.53. The quantitative estimate of drug-likeness (QED) is 0.622. The molecule has 2 aliphatic rings. The van der Waals surface area contributed by atoms with E-state index in [4.69, 9.17) is 9.47 Å². The molecule has 0 radical (unpaired) electrons. The Morgan fingerprint density at radius 3 is 2.80 bits per heavy atom. The second-order valence-electron chi connectivity index (χ2n) is 8.07. The van der Waals surface area contributed by atoms with Crippen molar-refractivity contribution in [1.82, 2.24) is 14.5 Å². The first kappa shape index (κ1) is 23.0. The van der Waals surface area contributed by atoms with Crippen LogP contribution in [-0.2, 0) is 26.1 Å². The lowest BCUT2D eigenvalue weighted by Crippen LogP contribution is -2.45. The number of likely N-dealkylation sites (N-methyl/N-ethyl adjacent to an activating group) is 1. The molecule has 0 aromatic heterocycles. The van der Waals surface area contributed by atoms with Gasteiger partial charge in [0.2, 0.25) is 15.9 Å². The summed E-state index contributed by atoms with van der Waals surface area (Å²) in [4.78, 5) is 14.8. The number of hydrogen-bond acceptors (Lipinski definition) is 6. The Morgan fingerprint density at radius 2 is 2.07 bits per heavy atom. The second kappa shape index (κ2) is 10.6. The maximum absolute atomic E-state index is 12.5. The van der Waals surface area contributed by atoms with E-state index in [1.54, 1.807) is 0 Å². The van der Waals surface area contributed by atoms with Gasteiger partial charge in [0.05, 0.1) is 6.26 Å². The zero-order chi connectivity index (χ0) is 21.6. The fraction of sp³-hybridized carbons (Fsp3) is 0.667. The van der Waals surface area contributed by atoms with Crippen LogP contribution in [0.2, 0.25) is 0 Å². The SMILES string of the molecule is CN(CCOc1cccc(CNC(=O)C2CCCN2S(C)(=O)=O)c1)C1CCOCC1. The Bertz CT molecular complexity index is 811. The molecule has 1 aromatic rings. The number of hydrogen-bond donors (Lipinski definition) is 1. The smallest absolute Gasteiger partial charge is 0.238 e. The topological polar surface area (TPSA) is 88.2 Å². The molecule has 8 nitrogen and oxygen atoms in total. The molecule has 2 saturated heterocycles. The number of nitrogens with one attached hydrogen (secondary N) is 1. The average molecular weight is 440 g/mol. The van der Waals surface area contributed by atoms with Gasteiger partial charge in [-0.1, -0.05) is 12.1 Å². The molecule has 2 heterocycles. The molecule has 1 unspecified atom stereocenters. The van der Waals surface area contributed by atoms with Gasteiger partial charge in [0.15, 0.2) is 0 Å². The minimum atomic E-state index is -3.37. The second-order valence-corrected chi connectivity index (χ2v) is 10.0. The molecule has 0 aliphatic carbocycles. The van der Waals surface area contributed by atoms with Gasteiger partial charge in [-0.3, -0.25) is 9.69 Å². The molecule has 168 valence electrons. The maximum Gasteiger partial charge on any atom is 0.238 e. The Hall–Kier alpha value is -1.68. The first-order valence-electron chi connectivity index (χ1n) is 10.6. The average Bonchev–Trinajstić information content (AvgIpc) is 3.24. The fourth-order valence-electron chi connectivity index (χ4n) is 4.07. The van der Waals surface area contributed by atoms with E-state index in [0.717, 1.165) is 50.2 Å². The molecule has 1 amide bonds. The monoisotopic (exact) mass is 439 g/mol. The highest BCUT2D eigenvalue weighted by Crippen LogP contribution is 2.21. The maximum atomic E-state index is 12.5. The number of sulfonamides is 1. The van der Waals surface area contributed by atoms with Crippen LogP contribution in [0.3, 0.4) is 0 Å². The van der Waals surface area contributed by atoms with E-state index in [1.807, 2.05) is 24.3 Å². The molecule has 30 heavy (non-hydrogen) atoms. The van der Waals surface area contributed by atoms with Crippen molar-refractivity contribution >= 4 is 15.9 Å². The normalized spacial score (nSPS) is 21.1. The molecule has 0 saturated carbocycles. The third-order valence-electron chi connectivity index (χ3n) is 5.82. The van der Waals surface area contributed by atoms with Gasteiger partial charge in [-0.05, 0) is 50.4 Å². The van der Waals surface area contributed by atoms with Crippen molar-refractivity contribution in [1.29, 1.82) is 0 Å². The zero-order valence-electron chi connectivity index (χ0n) is 17.9. The number of amides is 1. The number of carbonyl (C=O) groups excluding carboxylic acids is 1. The summed E-state index contributed by atoms with van der Waals surface area (Å²) in [6, 6.07) is 7.58. The Morgan fingerprint density at radius 1 is 1.30 bits per heavy atom. The molecule has 1 aromatic carbocycles. The van der Waals surface area contributed by atoms with E-state index in [9.17, 15) is 13.2 Å². The molecular formula is C21H33N3O5S. The number of benzene rings is 1. The van der Waals surface area contributed by atoms with Crippen LogP contribution >= 0.6 is 0 Å².